The minimum Gasteiger partial charge on any atom is -0.481 e. The number of anilines is 1. The molecular formula is C23H26N6O3S. The average molecular weight is 467 g/mol. The average Bonchev–Trinajstić information content (AvgIpc) is 3.19. The van der Waals surface area contributed by atoms with Crippen LogP contribution < -0.4 is 15.4 Å². The summed E-state index contributed by atoms with van der Waals surface area (Å²) in [5, 5.41) is 16.8. The molecule has 172 valence electrons. The number of methoxy groups -OCH3 is 1. The first-order valence-corrected chi connectivity index (χ1v) is 11.9. The number of aliphatic hydroxyl groups is 1. The van der Waals surface area contributed by atoms with E-state index in [0.29, 0.717) is 30.5 Å². The highest BCUT2D eigenvalue weighted by Crippen LogP contribution is 2.29. The molecule has 0 aliphatic carbocycles. The summed E-state index contributed by atoms with van der Waals surface area (Å²) >= 11 is 1.50. The van der Waals surface area contributed by atoms with Crippen LogP contribution in [0.1, 0.15) is 11.3 Å². The molecular weight excluding hydrogens is 440 g/mol. The Morgan fingerprint density at radius 3 is 3.03 bits per heavy atom. The molecule has 10 heteroatoms. The van der Waals surface area contributed by atoms with E-state index in [1.54, 1.807) is 7.11 Å². The SMILES string of the molecule is COc1ccc2nccc(CCN3C[C@@H](O)[C@@H](NCc4ccc5c(n4)NC(=O)CS5)C3)c2n1. The van der Waals surface area contributed by atoms with Gasteiger partial charge in [-0.25, -0.2) is 9.97 Å². The fourth-order valence-electron chi connectivity index (χ4n) is 4.24. The lowest BCUT2D eigenvalue weighted by Gasteiger charge is -2.18. The second kappa shape index (κ2) is 9.60. The summed E-state index contributed by atoms with van der Waals surface area (Å²) in [5.74, 6) is 1.60. The number of rotatable bonds is 7. The minimum absolute atomic E-state index is 0.0254. The van der Waals surface area contributed by atoms with E-state index < -0.39 is 6.10 Å². The van der Waals surface area contributed by atoms with E-state index >= 15 is 0 Å². The van der Waals surface area contributed by atoms with Crippen LogP contribution >= 0.6 is 11.8 Å². The number of nitrogens with zero attached hydrogens (tertiary/aromatic N) is 4. The molecule has 2 aliphatic rings. The molecule has 0 unspecified atom stereocenters. The first kappa shape index (κ1) is 22.0. The summed E-state index contributed by atoms with van der Waals surface area (Å²) < 4.78 is 5.27. The number of β-amino-alcohol motifs (C(OH)–C–C–N with tert-alkyl or cyclic N) is 1. The lowest BCUT2D eigenvalue weighted by Crippen LogP contribution is -2.39. The number of hydrogen-bond donors (Lipinski definition) is 3. The maximum atomic E-state index is 11.6. The Kier molecular flexibility index (Phi) is 6.41. The molecule has 0 bridgehead atoms. The normalized spacial score (nSPS) is 20.6. The van der Waals surface area contributed by atoms with Gasteiger partial charge >= 0.3 is 0 Å². The van der Waals surface area contributed by atoms with E-state index in [1.807, 2.05) is 36.5 Å². The number of pyridine rings is 3. The predicted octanol–water partition coefficient (Wildman–Crippen LogP) is 1.45. The molecule has 5 heterocycles. The second-order valence-electron chi connectivity index (χ2n) is 8.24. The standard InChI is InChI=1S/C23H26N6O3S/c1-32-21-5-3-16-22(28-21)14(6-8-24-16)7-9-29-11-17(18(30)12-29)25-10-15-2-4-19-23(26-15)27-20(31)13-33-19/h2-6,8,17-18,25,30H,7,9-13H2,1H3,(H,26,27,31)/t17-,18+/m0/s1. The van der Waals surface area contributed by atoms with Crippen LogP contribution in [0.5, 0.6) is 5.88 Å². The fraction of sp³-hybridized carbons (Fsp3) is 0.391. The molecule has 3 aromatic rings. The van der Waals surface area contributed by atoms with Crippen molar-refractivity contribution >= 4 is 34.5 Å². The third-order valence-electron chi connectivity index (χ3n) is 5.99. The fourth-order valence-corrected chi connectivity index (χ4v) is 5.00. The number of carbonyl (C=O) groups excluding carboxylic acids is 1. The van der Waals surface area contributed by atoms with Gasteiger partial charge in [-0.1, -0.05) is 0 Å². The molecule has 5 rings (SSSR count). The van der Waals surface area contributed by atoms with Crippen molar-refractivity contribution in [3.05, 3.63) is 47.8 Å². The second-order valence-corrected chi connectivity index (χ2v) is 9.26. The van der Waals surface area contributed by atoms with E-state index in [-0.39, 0.29) is 11.9 Å². The first-order valence-electron chi connectivity index (χ1n) is 10.9. The summed E-state index contributed by atoms with van der Waals surface area (Å²) in [5.41, 5.74) is 3.66. The number of thioether (sulfide) groups is 1. The topological polar surface area (TPSA) is 113 Å². The molecule has 1 fully saturated rings. The molecule has 3 N–H and O–H groups in total. The Balaban J connectivity index is 1.18. The zero-order chi connectivity index (χ0) is 22.8. The molecule has 2 aliphatic heterocycles. The smallest absolute Gasteiger partial charge is 0.235 e. The molecule has 0 saturated carbocycles. The predicted molar refractivity (Wildman–Crippen MR) is 126 cm³/mol. The van der Waals surface area contributed by atoms with Crippen LogP contribution in [0.4, 0.5) is 5.82 Å². The van der Waals surface area contributed by atoms with Crippen LogP contribution in [0.3, 0.4) is 0 Å². The van der Waals surface area contributed by atoms with Crippen LogP contribution in [-0.2, 0) is 17.8 Å². The summed E-state index contributed by atoms with van der Waals surface area (Å²) in [4.78, 5) is 28.4. The van der Waals surface area contributed by atoms with Gasteiger partial charge in [-0.05, 0) is 36.2 Å². The molecule has 3 aromatic heterocycles. The number of amides is 1. The van der Waals surface area contributed by atoms with Crippen molar-refractivity contribution in [1.29, 1.82) is 0 Å². The van der Waals surface area contributed by atoms with E-state index in [9.17, 15) is 9.90 Å². The minimum atomic E-state index is -0.453. The van der Waals surface area contributed by atoms with Gasteiger partial charge in [0, 0.05) is 44.5 Å². The van der Waals surface area contributed by atoms with Crippen LogP contribution in [0, 0.1) is 0 Å². The first-order chi connectivity index (χ1) is 16.1. The summed E-state index contributed by atoms with van der Waals surface area (Å²) in [7, 11) is 1.61. The van der Waals surface area contributed by atoms with Crippen molar-refractivity contribution < 1.29 is 14.6 Å². The maximum Gasteiger partial charge on any atom is 0.235 e. The molecule has 0 radical (unpaired) electrons. The van der Waals surface area contributed by atoms with Crippen molar-refractivity contribution in [2.45, 2.75) is 30.0 Å². The van der Waals surface area contributed by atoms with Gasteiger partial charge in [0.1, 0.15) is 5.82 Å². The van der Waals surface area contributed by atoms with Gasteiger partial charge < -0.3 is 20.5 Å². The van der Waals surface area contributed by atoms with Crippen LogP contribution in [-0.4, -0.2) is 75.5 Å². The molecule has 0 aromatic carbocycles. The Hall–Kier alpha value is -2.79. The van der Waals surface area contributed by atoms with E-state index in [2.05, 4.69) is 30.5 Å². The molecule has 1 amide bonds. The van der Waals surface area contributed by atoms with Crippen molar-refractivity contribution in [1.82, 2.24) is 25.2 Å². The van der Waals surface area contributed by atoms with Crippen LogP contribution in [0.25, 0.3) is 11.0 Å². The number of aliphatic hydroxyl groups excluding tert-OH is 1. The molecule has 9 nitrogen and oxygen atoms in total. The Morgan fingerprint density at radius 2 is 2.15 bits per heavy atom. The zero-order valence-electron chi connectivity index (χ0n) is 18.3. The van der Waals surface area contributed by atoms with E-state index in [4.69, 9.17) is 4.74 Å². The lowest BCUT2D eigenvalue weighted by atomic mass is 10.1. The third-order valence-corrected chi connectivity index (χ3v) is 7.04. The number of ether oxygens (including phenoxy) is 1. The van der Waals surface area contributed by atoms with Gasteiger partial charge in [-0.3, -0.25) is 14.7 Å². The highest BCUT2D eigenvalue weighted by molar-refractivity contribution is 8.00. The van der Waals surface area contributed by atoms with Crippen molar-refractivity contribution in [2.75, 3.05) is 37.8 Å². The maximum absolute atomic E-state index is 11.6. The van der Waals surface area contributed by atoms with Crippen molar-refractivity contribution in [3.8, 4) is 5.88 Å². The highest BCUT2D eigenvalue weighted by atomic mass is 32.2. The number of fused-ring (bicyclic) bond motifs is 2. The number of aromatic nitrogens is 3. The molecule has 2 atom stereocenters. The Labute approximate surface area is 196 Å². The van der Waals surface area contributed by atoms with E-state index in [1.165, 1.54) is 11.8 Å². The number of carbonyl (C=O) groups is 1. The largest absolute Gasteiger partial charge is 0.481 e. The summed E-state index contributed by atoms with van der Waals surface area (Å²) in [6.07, 6.45) is 2.16. The third kappa shape index (κ3) is 4.93. The van der Waals surface area contributed by atoms with Crippen LogP contribution in [0.15, 0.2) is 41.4 Å². The Morgan fingerprint density at radius 1 is 1.24 bits per heavy atom. The van der Waals surface area contributed by atoms with E-state index in [0.717, 1.165) is 46.7 Å². The highest BCUT2D eigenvalue weighted by Gasteiger charge is 2.30. The zero-order valence-corrected chi connectivity index (χ0v) is 19.1. The molecule has 1 saturated heterocycles. The lowest BCUT2D eigenvalue weighted by molar-refractivity contribution is -0.113. The van der Waals surface area contributed by atoms with Crippen molar-refractivity contribution in [2.24, 2.45) is 0 Å². The van der Waals surface area contributed by atoms with Crippen molar-refractivity contribution in [3.63, 3.8) is 0 Å². The van der Waals surface area contributed by atoms with Gasteiger partial charge in [0.2, 0.25) is 11.8 Å². The monoisotopic (exact) mass is 466 g/mol. The van der Waals surface area contributed by atoms with Gasteiger partial charge in [0.25, 0.3) is 0 Å². The summed E-state index contributed by atoms with van der Waals surface area (Å²) in [6.45, 7) is 2.70. The summed E-state index contributed by atoms with van der Waals surface area (Å²) in [6, 6.07) is 9.64. The molecule has 33 heavy (non-hydrogen) atoms. The number of hydrogen-bond acceptors (Lipinski definition) is 9. The van der Waals surface area contributed by atoms with Crippen LogP contribution in [0.2, 0.25) is 0 Å². The molecule has 0 spiro atoms. The number of nitrogens with one attached hydrogen (secondary N) is 2. The number of likely N-dealkylation sites (tertiary alicyclic amines) is 1. The van der Waals surface area contributed by atoms with Gasteiger partial charge in [-0.15, -0.1) is 11.8 Å². The Bertz CT molecular complexity index is 1180. The van der Waals surface area contributed by atoms with Gasteiger partial charge in [0.05, 0.1) is 40.6 Å². The quantitative estimate of drug-likeness (QED) is 0.476. The van der Waals surface area contributed by atoms with Gasteiger partial charge in [-0.2, -0.15) is 0 Å². The van der Waals surface area contributed by atoms with Gasteiger partial charge in [0.15, 0.2) is 0 Å².